The van der Waals surface area contributed by atoms with Gasteiger partial charge in [0.1, 0.15) is 5.75 Å². The first-order valence-corrected chi connectivity index (χ1v) is 5.45. The Kier molecular flexibility index (Phi) is 5.02. The number of amides is 1. The molecule has 0 aliphatic rings. The second-order valence-corrected chi connectivity index (χ2v) is 3.86. The van der Waals surface area contributed by atoms with Crippen LogP contribution in [0.4, 0.5) is 0 Å². The van der Waals surface area contributed by atoms with Crippen molar-refractivity contribution in [1.29, 1.82) is 5.26 Å². The Morgan fingerprint density at radius 2 is 2.35 bits per heavy atom. The fourth-order valence-corrected chi connectivity index (χ4v) is 1.34. The molecule has 0 saturated heterocycles. The van der Waals surface area contributed by atoms with E-state index >= 15 is 0 Å². The quantitative estimate of drug-likeness (QED) is 0.837. The van der Waals surface area contributed by atoms with Crippen LogP contribution in [0.15, 0.2) is 24.3 Å². The van der Waals surface area contributed by atoms with Crippen LogP contribution in [0, 0.1) is 17.2 Å². The summed E-state index contributed by atoms with van der Waals surface area (Å²) in [6, 6.07) is 9.44. The Morgan fingerprint density at radius 1 is 1.59 bits per heavy atom. The van der Waals surface area contributed by atoms with Gasteiger partial charge in [0, 0.05) is 6.54 Å². The molecule has 0 fully saturated rings. The first-order chi connectivity index (χ1) is 8.15. The fraction of sp³-hybridized carbons (Fsp3) is 0.385. The highest BCUT2D eigenvalue weighted by Crippen LogP contribution is 2.12. The van der Waals surface area contributed by atoms with Gasteiger partial charge in [-0.25, -0.2) is 0 Å². The van der Waals surface area contributed by atoms with Gasteiger partial charge in [0.05, 0.1) is 25.5 Å². The summed E-state index contributed by atoms with van der Waals surface area (Å²) in [4.78, 5) is 11.6. The normalized spacial score (nSPS) is 11.4. The second kappa shape index (κ2) is 6.54. The van der Waals surface area contributed by atoms with Crippen LogP contribution in [0.2, 0.25) is 0 Å². The highest BCUT2D eigenvalue weighted by molar-refractivity contribution is 5.78. The number of benzene rings is 1. The predicted molar refractivity (Wildman–Crippen MR) is 64.5 cm³/mol. The lowest BCUT2D eigenvalue weighted by Gasteiger charge is -2.07. The first kappa shape index (κ1) is 13.0. The molecule has 1 unspecified atom stereocenters. The van der Waals surface area contributed by atoms with Crippen LogP contribution in [-0.4, -0.2) is 19.6 Å². The molecule has 0 heterocycles. The lowest BCUT2D eigenvalue weighted by atomic mass is 10.1. The molecule has 0 aliphatic heterocycles. The van der Waals surface area contributed by atoms with Crippen molar-refractivity contribution in [2.75, 3.05) is 13.7 Å². The molecule has 0 spiro atoms. The molecular formula is C13H16N2O2. The molecule has 17 heavy (non-hydrogen) atoms. The molecule has 4 heteroatoms. The van der Waals surface area contributed by atoms with Crippen molar-refractivity contribution in [3.05, 3.63) is 29.8 Å². The zero-order valence-corrected chi connectivity index (χ0v) is 10.1. The van der Waals surface area contributed by atoms with Gasteiger partial charge in [-0.1, -0.05) is 12.1 Å². The van der Waals surface area contributed by atoms with Gasteiger partial charge in [0.2, 0.25) is 5.91 Å². The van der Waals surface area contributed by atoms with Crippen molar-refractivity contribution in [3.63, 3.8) is 0 Å². The van der Waals surface area contributed by atoms with Gasteiger partial charge < -0.3 is 10.1 Å². The average molecular weight is 232 g/mol. The molecule has 0 bridgehead atoms. The molecule has 4 nitrogen and oxygen atoms in total. The maximum absolute atomic E-state index is 11.6. The number of hydrogen-bond donors (Lipinski definition) is 1. The predicted octanol–water partition coefficient (Wildman–Crippen LogP) is 1.51. The van der Waals surface area contributed by atoms with Gasteiger partial charge in [-0.15, -0.1) is 0 Å². The SMILES string of the molecule is COc1cccc(CC(=O)NCC(C)C#N)c1. The summed E-state index contributed by atoms with van der Waals surface area (Å²) < 4.78 is 5.08. The summed E-state index contributed by atoms with van der Waals surface area (Å²) in [6.45, 7) is 2.16. The largest absolute Gasteiger partial charge is 0.497 e. The Morgan fingerprint density at radius 3 is 3.00 bits per heavy atom. The lowest BCUT2D eigenvalue weighted by Crippen LogP contribution is -2.29. The minimum absolute atomic E-state index is 0.0830. The number of ether oxygens (including phenoxy) is 1. The van der Waals surface area contributed by atoms with E-state index in [2.05, 4.69) is 11.4 Å². The van der Waals surface area contributed by atoms with Gasteiger partial charge in [0.25, 0.3) is 0 Å². The van der Waals surface area contributed by atoms with Crippen molar-refractivity contribution < 1.29 is 9.53 Å². The third kappa shape index (κ3) is 4.56. The molecule has 1 amide bonds. The molecule has 1 rings (SSSR count). The molecule has 0 saturated carbocycles. The maximum atomic E-state index is 11.6. The van der Waals surface area contributed by atoms with Crippen molar-refractivity contribution in [2.45, 2.75) is 13.3 Å². The van der Waals surface area contributed by atoms with E-state index in [-0.39, 0.29) is 11.8 Å². The molecule has 0 aliphatic carbocycles. The van der Waals surface area contributed by atoms with Crippen LogP contribution >= 0.6 is 0 Å². The summed E-state index contributed by atoms with van der Waals surface area (Å²) in [5.74, 6) is 0.491. The number of hydrogen-bond acceptors (Lipinski definition) is 3. The highest BCUT2D eigenvalue weighted by Gasteiger charge is 2.06. The average Bonchev–Trinajstić information content (AvgIpc) is 2.36. The molecule has 0 aromatic heterocycles. The zero-order chi connectivity index (χ0) is 12.7. The van der Waals surface area contributed by atoms with Crippen molar-refractivity contribution in [2.24, 2.45) is 5.92 Å². The molecular weight excluding hydrogens is 216 g/mol. The summed E-state index contributed by atoms with van der Waals surface area (Å²) in [7, 11) is 1.59. The minimum Gasteiger partial charge on any atom is -0.497 e. The molecule has 1 aromatic rings. The van der Waals surface area contributed by atoms with Crippen molar-refractivity contribution in [3.8, 4) is 11.8 Å². The summed E-state index contributed by atoms with van der Waals surface area (Å²) in [5.41, 5.74) is 0.895. The van der Waals surface area contributed by atoms with E-state index in [1.165, 1.54) is 0 Å². The van der Waals surface area contributed by atoms with Crippen LogP contribution in [0.3, 0.4) is 0 Å². The van der Waals surface area contributed by atoms with E-state index in [0.717, 1.165) is 11.3 Å². The Hall–Kier alpha value is -2.02. The van der Waals surface area contributed by atoms with Gasteiger partial charge in [0.15, 0.2) is 0 Å². The number of carbonyl (C=O) groups excluding carboxylic acids is 1. The second-order valence-electron chi connectivity index (χ2n) is 3.86. The van der Waals surface area contributed by atoms with Gasteiger partial charge in [-0.05, 0) is 24.6 Å². The van der Waals surface area contributed by atoms with Crippen LogP contribution in [0.25, 0.3) is 0 Å². The Labute approximate surface area is 101 Å². The number of nitriles is 1. The van der Waals surface area contributed by atoms with Crippen LogP contribution in [0.5, 0.6) is 5.75 Å². The monoisotopic (exact) mass is 232 g/mol. The molecule has 1 aromatic carbocycles. The van der Waals surface area contributed by atoms with Crippen molar-refractivity contribution >= 4 is 5.91 Å². The fourth-order valence-electron chi connectivity index (χ4n) is 1.34. The molecule has 1 N–H and O–H groups in total. The van der Waals surface area contributed by atoms with Crippen LogP contribution in [0.1, 0.15) is 12.5 Å². The summed E-state index contributed by atoms with van der Waals surface area (Å²) in [6.07, 6.45) is 0.301. The van der Waals surface area contributed by atoms with E-state index in [1.54, 1.807) is 14.0 Å². The van der Waals surface area contributed by atoms with E-state index in [1.807, 2.05) is 24.3 Å². The van der Waals surface area contributed by atoms with E-state index < -0.39 is 0 Å². The standard InChI is InChI=1S/C13H16N2O2/c1-10(8-14)9-15-13(16)7-11-4-3-5-12(6-11)17-2/h3-6,10H,7,9H2,1-2H3,(H,15,16). The van der Waals surface area contributed by atoms with Gasteiger partial charge in [-0.2, -0.15) is 5.26 Å². The van der Waals surface area contributed by atoms with Gasteiger partial charge in [-0.3, -0.25) is 4.79 Å². The Balaban J connectivity index is 2.48. The molecule has 1 atom stereocenters. The van der Waals surface area contributed by atoms with Crippen LogP contribution in [-0.2, 0) is 11.2 Å². The first-order valence-electron chi connectivity index (χ1n) is 5.45. The molecule has 90 valence electrons. The maximum Gasteiger partial charge on any atom is 0.224 e. The zero-order valence-electron chi connectivity index (χ0n) is 10.1. The third-order valence-corrected chi connectivity index (χ3v) is 2.32. The van der Waals surface area contributed by atoms with Gasteiger partial charge >= 0.3 is 0 Å². The topological polar surface area (TPSA) is 62.1 Å². The summed E-state index contributed by atoms with van der Waals surface area (Å²) >= 11 is 0. The lowest BCUT2D eigenvalue weighted by molar-refractivity contribution is -0.120. The number of rotatable bonds is 5. The molecule has 0 radical (unpaired) electrons. The smallest absolute Gasteiger partial charge is 0.224 e. The van der Waals surface area contributed by atoms with Crippen LogP contribution < -0.4 is 10.1 Å². The summed E-state index contributed by atoms with van der Waals surface area (Å²) in [5, 5.41) is 11.3. The van der Waals surface area contributed by atoms with E-state index in [9.17, 15) is 4.79 Å². The third-order valence-electron chi connectivity index (χ3n) is 2.32. The Bertz CT molecular complexity index is 424. The minimum atomic E-state index is -0.163. The number of methoxy groups -OCH3 is 1. The van der Waals surface area contributed by atoms with E-state index in [4.69, 9.17) is 10.00 Å². The van der Waals surface area contributed by atoms with E-state index in [0.29, 0.717) is 13.0 Å². The highest BCUT2D eigenvalue weighted by atomic mass is 16.5. The van der Waals surface area contributed by atoms with Crippen molar-refractivity contribution in [1.82, 2.24) is 5.32 Å². The number of nitrogens with one attached hydrogen (secondary N) is 1. The number of nitrogens with zero attached hydrogens (tertiary/aromatic N) is 1. The number of carbonyl (C=O) groups is 1.